The number of carbonyl (C=O) groups is 1. The van der Waals surface area contributed by atoms with E-state index in [4.69, 9.17) is 5.73 Å². The van der Waals surface area contributed by atoms with Crippen molar-refractivity contribution in [3.05, 3.63) is 11.6 Å². The van der Waals surface area contributed by atoms with E-state index < -0.39 is 0 Å². The highest BCUT2D eigenvalue weighted by molar-refractivity contribution is 5.78. The second-order valence-electron chi connectivity index (χ2n) is 3.99. The van der Waals surface area contributed by atoms with Crippen LogP contribution >= 0.6 is 0 Å². The zero-order valence-corrected chi connectivity index (χ0v) is 7.75. The van der Waals surface area contributed by atoms with Gasteiger partial charge in [-0.1, -0.05) is 11.6 Å². The summed E-state index contributed by atoms with van der Waals surface area (Å²) in [5.41, 5.74) is 6.69. The molecule has 0 aromatic rings. The molecule has 1 fully saturated rings. The normalized spacial score (nSPS) is 33.4. The Hall–Kier alpha value is -0.830. The maximum Gasteiger partial charge on any atom is 0.224 e. The molecule has 72 valence electrons. The summed E-state index contributed by atoms with van der Waals surface area (Å²) in [6.45, 7) is 2.07. The molecule has 0 spiro atoms. The Morgan fingerprint density at radius 1 is 1.46 bits per heavy atom. The largest absolute Gasteiger partial charge is 0.369 e. The smallest absolute Gasteiger partial charge is 0.224 e. The molecule has 3 N–H and O–H groups in total. The van der Waals surface area contributed by atoms with Crippen LogP contribution < -0.4 is 11.1 Å². The number of nitrogens with two attached hydrogens (primary N) is 1. The van der Waals surface area contributed by atoms with Gasteiger partial charge in [-0.25, -0.2) is 0 Å². The third-order valence-corrected chi connectivity index (χ3v) is 3.13. The van der Waals surface area contributed by atoms with Gasteiger partial charge < -0.3 is 11.1 Å². The number of rotatable bonds is 1. The fourth-order valence-electron chi connectivity index (χ4n) is 2.31. The van der Waals surface area contributed by atoms with Crippen LogP contribution in [-0.4, -0.2) is 19.0 Å². The number of hydrogen-bond acceptors (Lipinski definition) is 2. The van der Waals surface area contributed by atoms with Gasteiger partial charge in [0.15, 0.2) is 0 Å². The predicted octanol–water partition coefficient (Wildman–Crippen LogP) is 0.418. The van der Waals surface area contributed by atoms with Gasteiger partial charge in [0.1, 0.15) is 0 Å². The van der Waals surface area contributed by atoms with Crippen molar-refractivity contribution in [2.24, 2.45) is 17.6 Å². The maximum absolute atomic E-state index is 11.0. The second-order valence-corrected chi connectivity index (χ2v) is 3.99. The van der Waals surface area contributed by atoms with Crippen molar-refractivity contribution in [3.63, 3.8) is 0 Å². The number of nitrogens with one attached hydrogen (secondary N) is 1. The quantitative estimate of drug-likeness (QED) is 0.574. The first-order valence-corrected chi connectivity index (χ1v) is 4.98. The van der Waals surface area contributed by atoms with Crippen molar-refractivity contribution in [3.8, 4) is 0 Å². The molecule has 2 rings (SSSR count). The van der Waals surface area contributed by atoms with E-state index in [1.54, 1.807) is 0 Å². The van der Waals surface area contributed by atoms with Crippen molar-refractivity contribution in [2.75, 3.05) is 13.1 Å². The molecule has 2 atom stereocenters. The fraction of sp³-hybridized carbons (Fsp3) is 0.700. The second kappa shape index (κ2) is 3.50. The number of hydrogen-bond donors (Lipinski definition) is 2. The Labute approximate surface area is 78.4 Å². The number of piperidine rings is 1. The minimum absolute atomic E-state index is 0.00819. The summed E-state index contributed by atoms with van der Waals surface area (Å²) in [5, 5.41) is 3.32. The van der Waals surface area contributed by atoms with E-state index >= 15 is 0 Å². The van der Waals surface area contributed by atoms with Gasteiger partial charge in [-0.05, 0) is 31.7 Å². The van der Waals surface area contributed by atoms with Gasteiger partial charge in [0.2, 0.25) is 5.91 Å². The summed E-state index contributed by atoms with van der Waals surface area (Å²) in [6.07, 6.45) is 5.39. The minimum atomic E-state index is -0.170. The van der Waals surface area contributed by atoms with Gasteiger partial charge >= 0.3 is 0 Å². The highest BCUT2D eigenvalue weighted by Gasteiger charge is 2.26. The van der Waals surface area contributed by atoms with Crippen molar-refractivity contribution < 1.29 is 4.79 Å². The number of carbonyl (C=O) groups excluding carboxylic acids is 1. The third-order valence-electron chi connectivity index (χ3n) is 3.13. The summed E-state index contributed by atoms with van der Waals surface area (Å²) >= 11 is 0. The van der Waals surface area contributed by atoms with E-state index in [2.05, 4.69) is 11.4 Å². The van der Waals surface area contributed by atoms with E-state index in [0.29, 0.717) is 0 Å². The lowest BCUT2D eigenvalue weighted by Gasteiger charge is -2.31. The lowest BCUT2D eigenvalue weighted by molar-refractivity contribution is -0.120. The van der Waals surface area contributed by atoms with E-state index in [1.807, 2.05) is 0 Å². The highest BCUT2D eigenvalue weighted by atomic mass is 16.1. The molecule has 13 heavy (non-hydrogen) atoms. The van der Waals surface area contributed by atoms with Crippen LogP contribution in [0.2, 0.25) is 0 Å². The third kappa shape index (κ3) is 1.75. The average molecular weight is 180 g/mol. The van der Waals surface area contributed by atoms with Crippen LogP contribution in [0.3, 0.4) is 0 Å². The van der Waals surface area contributed by atoms with Crippen LogP contribution in [-0.2, 0) is 4.79 Å². The van der Waals surface area contributed by atoms with Gasteiger partial charge in [0.05, 0.1) is 5.92 Å². The first-order valence-electron chi connectivity index (χ1n) is 4.98. The Kier molecular flexibility index (Phi) is 2.36. The summed E-state index contributed by atoms with van der Waals surface area (Å²) < 4.78 is 0. The fourth-order valence-corrected chi connectivity index (χ4v) is 2.31. The first-order chi connectivity index (χ1) is 6.27. The molecule has 1 aliphatic heterocycles. The average Bonchev–Trinajstić information content (AvgIpc) is 2.17. The zero-order valence-electron chi connectivity index (χ0n) is 7.75. The van der Waals surface area contributed by atoms with Crippen molar-refractivity contribution in [1.29, 1.82) is 0 Å². The summed E-state index contributed by atoms with van der Waals surface area (Å²) in [4.78, 5) is 11.0. The van der Waals surface area contributed by atoms with E-state index in [9.17, 15) is 4.79 Å². The summed E-state index contributed by atoms with van der Waals surface area (Å²) in [5.74, 6) is 0.541. The van der Waals surface area contributed by atoms with Crippen LogP contribution in [0, 0.1) is 11.8 Å². The van der Waals surface area contributed by atoms with Crippen LogP contribution in [0.1, 0.15) is 19.3 Å². The van der Waals surface area contributed by atoms with Crippen LogP contribution in [0.25, 0.3) is 0 Å². The van der Waals surface area contributed by atoms with Crippen molar-refractivity contribution >= 4 is 5.91 Å². The topological polar surface area (TPSA) is 55.1 Å². The zero-order chi connectivity index (χ0) is 9.26. The van der Waals surface area contributed by atoms with Gasteiger partial charge in [-0.2, -0.15) is 0 Å². The molecule has 0 aromatic carbocycles. The molecule has 3 nitrogen and oxygen atoms in total. The highest BCUT2D eigenvalue weighted by Crippen LogP contribution is 2.31. The molecule has 0 saturated carbocycles. The van der Waals surface area contributed by atoms with Gasteiger partial charge in [-0.3, -0.25) is 4.79 Å². The van der Waals surface area contributed by atoms with Crippen LogP contribution in [0.15, 0.2) is 11.6 Å². The predicted molar refractivity (Wildman–Crippen MR) is 51.0 cm³/mol. The molecule has 0 radical (unpaired) electrons. The standard InChI is InChI=1S/C10H16N2O/c11-10(13)8-2-1-7-3-4-12-6-9(7)5-8/h5,7-8,12H,1-4,6H2,(H2,11,13). The van der Waals surface area contributed by atoms with E-state index in [0.717, 1.165) is 31.8 Å². The Morgan fingerprint density at radius 2 is 2.31 bits per heavy atom. The SMILES string of the molecule is NC(=O)C1C=C2CNCCC2CC1. The molecule has 2 aliphatic rings. The summed E-state index contributed by atoms with van der Waals surface area (Å²) in [7, 11) is 0. The molecule has 3 heteroatoms. The lowest BCUT2D eigenvalue weighted by Crippen LogP contribution is -2.35. The number of primary amides is 1. The molecule has 0 aromatic heterocycles. The molecule has 1 aliphatic carbocycles. The first kappa shape index (κ1) is 8.75. The Bertz CT molecular complexity index is 247. The summed E-state index contributed by atoms with van der Waals surface area (Å²) in [6, 6.07) is 0. The molecular formula is C10H16N2O. The molecule has 2 unspecified atom stereocenters. The Morgan fingerprint density at radius 3 is 3.08 bits per heavy atom. The minimum Gasteiger partial charge on any atom is -0.369 e. The number of amides is 1. The molecule has 0 bridgehead atoms. The molecule has 1 saturated heterocycles. The van der Waals surface area contributed by atoms with Gasteiger partial charge in [0, 0.05) is 6.54 Å². The van der Waals surface area contributed by atoms with Crippen LogP contribution in [0.5, 0.6) is 0 Å². The lowest BCUT2D eigenvalue weighted by atomic mass is 9.79. The molecule has 1 heterocycles. The van der Waals surface area contributed by atoms with E-state index in [1.165, 1.54) is 12.0 Å². The van der Waals surface area contributed by atoms with Gasteiger partial charge in [0.25, 0.3) is 0 Å². The monoisotopic (exact) mass is 180 g/mol. The van der Waals surface area contributed by atoms with Crippen molar-refractivity contribution in [1.82, 2.24) is 5.32 Å². The molecular weight excluding hydrogens is 164 g/mol. The number of fused-ring (bicyclic) bond motifs is 1. The van der Waals surface area contributed by atoms with Crippen LogP contribution in [0.4, 0.5) is 0 Å². The van der Waals surface area contributed by atoms with E-state index in [-0.39, 0.29) is 11.8 Å². The Balaban J connectivity index is 2.12. The van der Waals surface area contributed by atoms with Crippen molar-refractivity contribution in [2.45, 2.75) is 19.3 Å². The van der Waals surface area contributed by atoms with Gasteiger partial charge in [-0.15, -0.1) is 0 Å². The maximum atomic E-state index is 11.0. The molecule has 1 amide bonds.